The number of aromatic nitrogens is 2. The molecular formula is C15H20N4O. The van der Waals surface area contributed by atoms with Crippen LogP contribution in [0.5, 0.6) is 0 Å². The van der Waals surface area contributed by atoms with Gasteiger partial charge in [-0.15, -0.1) is 0 Å². The van der Waals surface area contributed by atoms with Gasteiger partial charge < -0.3 is 20.7 Å². The number of aromatic amines is 1. The molecule has 1 aromatic heterocycles. The summed E-state index contributed by atoms with van der Waals surface area (Å²) in [6.07, 6.45) is 1.63. The molecule has 20 heavy (non-hydrogen) atoms. The van der Waals surface area contributed by atoms with Crippen molar-refractivity contribution >= 4 is 0 Å². The molecule has 1 aliphatic heterocycles. The summed E-state index contributed by atoms with van der Waals surface area (Å²) in [6.45, 7) is 3.14. The maximum Gasteiger partial charge on any atom is 0.137 e. The first-order valence-corrected chi connectivity index (χ1v) is 7.02. The summed E-state index contributed by atoms with van der Waals surface area (Å²) in [6, 6.07) is 10.1. The van der Waals surface area contributed by atoms with Gasteiger partial charge in [0.25, 0.3) is 0 Å². The third-order valence-corrected chi connectivity index (χ3v) is 3.70. The summed E-state index contributed by atoms with van der Waals surface area (Å²) in [5.41, 5.74) is 2.15. The molecule has 5 nitrogen and oxygen atoms in total. The first-order valence-electron chi connectivity index (χ1n) is 7.02. The fraction of sp³-hybridized carbons (Fsp3) is 0.400. The third kappa shape index (κ3) is 3.07. The maximum absolute atomic E-state index is 9.72. The molecule has 0 spiro atoms. The van der Waals surface area contributed by atoms with Gasteiger partial charge >= 0.3 is 0 Å². The molecule has 2 unspecified atom stereocenters. The number of benzene rings is 1. The molecule has 1 saturated heterocycles. The van der Waals surface area contributed by atoms with Crippen LogP contribution in [0.15, 0.2) is 36.5 Å². The maximum atomic E-state index is 9.72. The number of H-pyrrole nitrogens is 1. The van der Waals surface area contributed by atoms with Gasteiger partial charge in [-0.3, -0.25) is 0 Å². The number of hydrogen-bond donors (Lipinski definition) is 4. The molecule has 0 radical (unpaired) electrons. The lowest BCUT2D eigenvalue weighted by Gasteiger charge is -2.13. The Balaban J connectivity index is 1.53. The van der Waals surface area contributed by atoms with Gasteiger partial charge in [0.05, 0.1) is 6.10 Å². The van der Waals surface area contributed by atoms with Crippen LogP contribution in [0.4, 0.5) is 0 Å². The topological polar surface area (TPSA) is 73.0 Å². The monoisotopic (exact) mass is 272 g/mol. The van der Waals surface area contributed by atoms with Crippen LogP contribution in [-0.2, 0) is 6.54 Å². The zero-order valence-electron chi connectivity index (χ0n) is 11.3. The lowest BCUT2D eigenvalue weighted by atomic mass is 10.1. The molecule has 0 saturated carbocycles. The Morgan fingerprint density at radius 3 is 2.85 bits per heavy atom. The number of nitrogens with one attached hydrogen (secondary N) is 3. The van der Waals surface area contributed by atoms with Gasteiger partial charge in [-0.1, -0.05) is 30.3 Å². The summed E-state index contributed by atoms with van der Waals surface area (Å²) in [5.74, 6) is 1.19. The van der Waals surface area contributed by atoms with Gasteiger partial charge in [-0.05, 0) is 0 Å². The molecule has 5 heteroatoms. The fourth-order valence-electron chi connectivity index (χ4n) is 2.51. The SMILES string of the molecule is OC1CNCC1CNCc1cnc(-c2ccccc2)[nH]1. The predicted molar refractivity (Wildman–Crippen MR) is 78.1 cm³/mol. The van der Waals surface area contributed by atoms with Crippen molar-refractivity contribution in [1.29, 1.82) is 0 Å². The summed E-state index contributed by atoms with van der Waals surface area (Å²) in [5, 5.41) is 16.3. The fourth-order valence-corrected chi connectivity index (χ4v) is 2.51. The van der Waals surface area contributed by atoms with Crippen molar-refractivity contribution in [3.63, 3.8) is 0 Å². The standard InChI is InChI=1S/C15H20N4O/c20-14-10-17-7-12(14)6-16-8-13-9-18-15(19-13)11-4-2-1-3-5-11/h1-5,9,12,14,16-17,20H,6-8,10H2,(H,18,19). The van der Waals surface area contributed by atoms with E-state index in [1.54, 1.807) is 0 Å². The van der Waals surface area contributed by atoms with Gasteiger partial charge in [0, 0.05) is 49.6 Å². The van der Waals surface area contributed by atoms with Crippen molar-refractivity contribution < 1.29 is 5.11 Å². The first-order chi connectivity index (χ1) is 9.83. The molecule has 0 bridgehead atoms. The second-order valence-electron chi connectivity index (χ2n) is 5.24. The summed E-state index contributed by atoms with van der Waals surface area (Å²) in [7, 11) is 0. The molecule has 3 rings (SSSR count). The Morgan fingerprint density at radius 1 is 1.25 bits per heavy atom. The van der Waals surface area contributed by atoms with E-state index in [1.165, 1.54) is 0 Å². The zero-order chi connectivity index (χ0) is 13.8. The Hall–Kier alpha value is -1.69. The molecule has 106 valence electrons. The van der Waals surface area contributed by atoms with Gasteiger partial charge in [-0.2, -0.15) is 0 Å². The molecule has 0 amide bonds. The van der Waals surface area contributed by atoms with E-state index in [1.807, 2.05) is 36.5 Å². The number of β-amino-alcohol motifs (C(OH)–C–C–N with tert-alkyl or cyclic N) is 1. The van der Waals surface area contributed by atoms with Crippen LogP contribution in [0.2, 0.25) is 0 Å². The Bertz CT molecular complexity index is 540. The van der Waals surface area contributed by atoms with Crippen LogP contribution < -0.4 is 10.6 Å². The minimum absolute atomic E-state index is 0.232. The van der Waals surface area contributed by atoms with E-state index in [0.717, 1.165) is 36.7 Å². The molecule has 1 aromatic carbocycles. The average molecular weight is 272 g/mol. The zero-order valence-corrected chi connectivity index (χ0v) is 11.3. The lowest BCUT2D eigenvalue weighted by molar-refractivity contribution is 0.146. The van der Waals surface area contributed by atoms with Crippen molar-refractivity contribution in [2.45, 2.75) is 12.6 Å². The Kier molecular flexibility index (Phi) is 4.11. The van der Waals surface area contributed by atoms with E-state index in [9.17, 15) is 5.11 Å². The van der Waals surface area contributed by atoms with Gasteiger partial charge in [0.1, 0.15) is 5.82 Å². The number of hydrogen-bond acceptors (Lipinski definition) is 4. The van der Waals surface area contributed by atoms with E-state index in [-0.39, 0.29) is 6.10 Å². The minimum atomic E-state index is -0.232. The summed E-state index contributed by atoms with van der Waals surface area (Å²) < 4.78 is 0. The second kappa shape index (κ2) is 6.17. The third-order valence-electron chi connectivity index (χ3n) is 3.70. The lowest BCUT2D eigenvalue weighted by Crippen LogP contribution is -2.30. The van der Waals surface area contributed by atoms with E-state index in [0.29, 0.717) is 12.5 Å². The average Bonchev–Trinajstić information content (AvgIpc) is 3.10. The van der Waals surface area contributed by atoms with Crippen LogP contribution in [0, 0.1) is 5.92 Å². The minimum Gasteiger partial charge on any atom is -0.391 e. The molecule has 2 atom stereocenters. The van der Waals surface area contributed by atoms with E-state index < -0.39 is 0 Å². The van der Waals surface area contributed by atoms with E-state index in [4.69, 9.17) is 0 Å². The molecule has 4 N–H and O–H groups in total. The highest BCUT2D eigenvalue weighted by Gasteiger charge is 2.24. The number of imidazole rings is 1. The highest BCUT2D eigenvalue weighted by Crippen LogP contribution is 2.14. The number of aliphatic hydroxyl groups excluding tert-OH is 1. The molecule has 0 aliphatic carbocycles. The molecular weight excluding hydrogens is 252 g/mol. The van der Waals surface area contributed by atoms with Crippen LogP contribution in [-0.4, -0.2) is 40.8 Å². The van der Waals surface area contributed by atoms with Gasteiger partial charge in [-0.25, -0.2) is 4.98 Å². The van der Waals surface area contributed by atoms with Crippen molar-refractivity contribution in [1.82, 2.24) is 20.6 Å². The highest BCUT2D eigenvalue weighted by atomic mass is 16.3. The largest absolute Gasteiger partial charge is 0.391 e. The van der Waals surface area contributed by atoms with E-state index >= 15 is 0 Å². The van der Waals surface area contributed by atoms with Gasteiger partial charge in [0.2, 0.25) is 0 Å². The number of rotatable bonds is 5. The van der Waals surface area contributed by atoms with Crippen LogP contribution in [0.1, 0.15) is 5.69 Å². The smallest absolute Gasteiger partial charge is 0.137 e. The van der Waals surface area contributed by atoms with Crippen LogP contribution in [0.3, 0.4) is 0 Å². The van der Waals surface area contributed by atoms with Gasteiger partial charge in [0.15, 0.2) is 0 Å². The van der Waals surface area contributed by atoms with Crippen molar-refractivity contribution in [3.05, 3.63) is 42.2 Å². The molecule has 2 heterocycles. The Morgan fingerprint density at radius 2 is 2.10 bits per heavy atom. The molecule has 1 aliphatic rings. The first kappa shape index (κ1) is 13.3. The number of aliphatic hydroxyl groups is 1. The van der Waals surface area contributed by atoms with Crippen molar-refractivity contribution in [3.8, 4) is 11.4 Å². The van der Waals surface area contributed by atoms with Crippen LogP contribution >= 0.6 is 0 Å². The molecule has 2 aromatic rings. The predicted octanol–water partition coefficient (Wildman–Crippen LogP) is 0.747. The number of nitrogens with zero attached hydrogens (tertiary/aromatic N) is 1. The Labute approximate surface area is 118 Å². The normalized spacial score (nSPS) is 22.2. The van der Waals surface area contributed by atoms with E-state index in [2.05, 4.69) is 20.6 Å². The van der Waals surface area contributed by atoms with Crippen molar-refractivity contribution in [2.75, 3.05) is 19.6 Å². The molecule has 1 fully saturated rings. The highest BCUT2D eigenvalue weighted by molar-refractivity contribution is 5.54. The summed E-state index contributed by atoms with van der Waals surface area (Å²) in [4.78, 5) is 7.71. The van der Waals surface area contributed by atoms with Crippen molar-refractivity contribution in [2.24, 2.45) is 5.92 Å². The second-order valence-corrected chi connectivity index (χ2v) is 5.24. The van der Waals surface area contributed by atoms with Crippen LogP contribution in [0.25, 0.3) is 11.4 Å². The quantitative estimate of drug-likeness (QED) is 0.648. The summed E-state index contributed by atoms with van der Waals surface area (Å²) >= 11 is 0.